The molecule has 0 bridgehead atoms. The zero-order valence-corrected chi connectivity index (χ0v) is 16.3. The van der Waals surface area contributed by atoms with Crippen LogP contribution in [0.5, 0.6) is 0 Å². The normalized spacial score (nSPS) is 20.5. The first-order valence-electron chi connectivity index (χ1n) is 10.3. The van der Waals surface area contributed by atoms with Crippen LogP contribution >= 0.6 is 0 Å². The van der Waals surface area contributed by atoms with Crippen molar-refractivity contribution in [1.29, 1.82) is 0 Å². The van der Waals surface area contributed by atoms with Gasteiger partial charge in [0.1, 0.15) is 5.82 Å². The maximum Gasteiger partial charge on any atom is 0.209 e. The van der Waals surface area contributed by atoms with Crippen molar-refractivity contribution in [2.45, 2.75) is 51.6 Å². The number of aromatic nitrogens is 4. The monoisotopic (exact) mass is 373 g/mol. The molecular formula is C20H30FN6+. The highest BCUT2D eigenvalue weighted by Gasteiger charge is 2.36. The molecule has 2 aromatic rings. The van der Waals surface area contributed by atoms with Gasteiger partial charge in [-0.05, 0) is 47.5 Å². The minimum atomic E-state index is -0.179. The van der Waals surface area contributed by atoms with Gasteiger partial charge < -0.3 is 9.80 Å². The van der Waals surface area contributed by atoms with E-state index >= 15 is 0 Å². The van der Waals surface area contributed by atoms with Crippen LogP contribution in [0.1, 0.15) is 57.4 Å². The number of benzene rings is 1. The summed E-state index contributed by atoms with van der Waals surface area (Å²) in [5, 5.41) is 12.9. The largest absolute Gasteiger partial charge is 0.360 e. The van der Waals surface area contributed by atoms with E-state index in [4.69, 9.17) is 0 Å². The van der Waals surface area contributed by atoms with Gasteiger partial charge in [-0.15, -0.1) is 5.10 Å². The van der Waals surface area contributed by atoms with Crippen molar-refractivity contribution in [2.24, 2.45) is 5.92 Å². The predicted octanol–water partition coefficient (Wildman–Crippen LogP) is 2.03. The predicted molar refractivity (Wildman–Crippen MR) is 102 cm³/mol. The Kier molecular flexibility index (Phi) is 5.38. The second-order valence-electron chi connectivity index (χ2n) is 8.26. The van der Waals surface area contributed by atoms with Crippen LogP contribution in [0.4, 0.5) is 10.1 Å². The lowest BCUT2D eigenvalue weighted by atomic mass is 10.00. The SMILES string of the molecule is CC(C)[C@@H](c1nnnn1C1CCCC1)[NH+]1CCN(c2ccc(F)cc2)CC1. The molecule has 2 aliphatic rings. The summed E-state index contributed by atoms with van der Waals surface area (Å²) < 4.78 is 15.3. The zero-order valence-electron chi connectivity index (χ0n) is 16.3. The molecule has 0 radical (unpaired) electrons. The molecule has 0 unspecified atom stereocenters. The van der Waals surface area contributed by atoms with E-state index in [1.165, 1.54) is 25.7 Å². The van der Waals surface area contributed by atoms with Crippen LogP contribution in [0.2, 0.25) is 0 Å². The smallest absolute Gasteiger partial charge is 0.209 e. The van der Waals surface area contributed by atoms with Gasteiger partial charge in [-0.1, -0.05) is 26.7 Å². The Morgan fingerprint density at radius 1 is 1.07 bits per heavy atom. The number of tetrazole rings is 1. The summed E-state index contributed by atoms with van der Waals surface area (Å²) >= 11 is 0. The summed E-state index contributed by atoms with van der Waals surface area (Å²) in [6.07, 6.45) is 4.94. The van der Waals surface area contributed by atoms with Crippen molar-refractivity contribution in [2.75, 3.05) is 31.1 Å². The second kappa shape index (κ2) is 7.92. The van der Waals surface area contributed by atoms with Gasteiger partial charge in [-0.3, -0.25) is 0 Å². The minimum Gasteiger partial charge on any atom is -0.360 e. The van der Waals surface area contributed by atoms with Crippen LogP contribution in [-0.4, -0.2) is 46.4 Å². The molecule has 1 aromatic heterocycles. The Hall–Kier alpha value is -2.02. The Morgan fingerprint density at radius 3 is 2.37 bits per heavy atom. The Morgan fingerprint density at radius 2 is 1.74 bits per heavy atom. The van der Waals surface area contributed by atoms with Gasteiger partial charge in [-0.2, -0.15) is 0 Å². The lowest BCUT2D eigenvalue weighted by Gasteiger charge is -2.38. The lowest BCUT2D eigenvalue weighted by Crippen LogP contribution is -3.15. The summed E-state index contributed by atoms with van der Waals surface area (Å²) in [5.41, 5.74) is 1.10. The highest BCUT2D eigenvalue weighted by molar-refractivity contribution is 5.46. The number of halogens is 1. The standard InChI is InChI=1S/C20H29FN6/c1-15(2)19(20-22-23-24-27(20)18-5-3-4-6-18)26-13-11-25(12-14-26)17-9-7-16(21)8-10-17/h7-10,15,18-19H,3-6,11-14H2,1-2H3/p+1/t19-/m0/s1. The molecule has 0 amide bonds. The van der Waals surface area contributed by atoms with Gasteiger partial charge in [0.2, 0.25) is 5.82 Å². The van der Waals surface area contributed by atoms with Crippen molar-refractivity contribution in [3.63, 3.8) is 0 Å². The molecule has 1 saturated heterocycles. The molecule has 2 heterocycles. The fourth-order valence-electron chi connectivity index (χ4n) is 4.78. The number of nitrogens with zero attached hydrogens (tertiary/aromatic N) is 5. The Labute approximate surface area is 160 Å². The third kappa shape index (κ3) is 3.83. The maximum atomic E-state index is 13.2. The van der Waals surface area contributed by atoms with Gasteiger partial charge in [0.25, 0.3) is 0 Å². The van der Waals surface area contributed by atoms with E-state index < -0.39 is 0 Å². The molecule has 4 rings (SSSR count). The summed E-state index contributed by atoms with van der Waals surface area (Å²) in [6, 6.07) is 7.62. The van der Waals surface area contributed by atoms with E-state index in [2.05, 4.69) is 39.0 Å². The van der Waals surface area contributed by atoms with Crippen LogP contribution in [0.25, 0.3) is 0 Å². The van der Waals surface area contributed by atoms with Crippen molar-refractivity contribution >= 4 is 5.69 Å². The molecule has 1 N–H and O–H groups in total. The van der Waals surface area contributed by atoms with Crippen LogP contribution in [0, 0.1) is 11.7 Å². The molecular weight excluding hydrogens is 343 g/mol. The molecule has 1 aromatic carbocycles. The number of anilines is 1. The molecule has 146 valence electrons. The number of hydrogen-bond donors (Lipinski definition) is 1. The Balaban J connectivity index is 1.48. The number of rotatable bonds is 5. The second-order valence-corrected chi connectivity index (χ2v) is 8.26. The lowest BCUT2D eigenvalue weighted by molar-refractivity contribution is -0.937. The van der Waals surface area contributed by atoms with E-state index in [1.807, 2.05) is 12.1 Å². The number of hydrogen-bond acceptors (Lipinski definition) is 4. The van der Waals surface area contributed by atoms with E-state index in [0.29, 0.717) is 18.0 Å². The van der Waals surface area contributed by atoms with Gasteiger partial charge in [0.15, 0.2) is 6.04 Å². The van der Waals surface area contributed by atoms with Gasteiger partial charge in [0, 0.05) is 11.6 Å². The van der Waals surface area contributed by atoms with Gasteiger partial charge >= 0.3 is 0 Å². The molecule has 7 heteroatoms. The first-order valence-corrected chi connectivity index (χ1v) is 10.3. The van der Waals surface area contributed by atoms with E-state index in [1.54, 1.807) is 17.0 Å². The minimum absolute atomic E-state index is 0.179. The number of quaternary nitrogens is 1. The first kappa shape index (κ1) is 18.3. The van der Waals surface area contributed by atoms with Crippen molar-refractivity contribution in [3.05, 3.63) is 35.9 Å². The molecule has 1 atom stereocenters. The van der Waals surface area contributed by atoms with E-state index in [9.17, 15) is 4.39 Å². The number of nitrogens with one attached hydrogen (secondary N) is 1. The van der Waals surface area contributed by atoms with Crippen molar-refractivity contribution in [1.82, 2.24) is 20.2 Å². The summed E-state index contributed by atoms with van der Waals surface area (Å²) in [7, 11) is 0. The summed E-state index contributed by atoms with van der Waals surface area (Å²) in [4.78, 5) is 3.90. The van der Waals surface area contributed by atoms with Gasteiger partial charge in [-0.25, -0.2) is 9.07 Å². The third-order valence-electron chi connectivity index (χ3n) is 6.17. The van der Waals surface area contributed by atoms with Crippen molar-refractivity contribution in [3.8, 4) is 0 Å². The van der Waals surface area contributed by atoms with E-state index in [-0.39, 0.29) is 5.82 Å². The van der Waals surface area contributed by atoms with E-state index in [0.717, 1.165) is 37.7 Å². The molecule has 1 aliphatic heterocycles. The van der Waals surface area contributed by atoms with Gasteiger partial charge in [0.05, 0.1) is 32.2 Å². The van der Waals surface area contributed by atoms with Crippen LogP contribution in [0.3, 0.4) is 0 Å². The summed E-state index contributed by atoms with van der Waals surface area (Å²) in [5.74, 6) is 1.35. The Bertz CT molecular complexity index is 729. The fraction of sp³-hybridized carbons (Fsp3) is 0.650. The molecule has 1 aliphatic carbocycles. The van der Waals surface area contributed by atoms with Crippen LogP contribution in [-0.2, 0) is 0 Å². The van der Waals surface area contributed by atoms with Crippen LogP contribution < -0.4 is 9.80 Å². The zero-order chi connectivity index (χ0) is 18.8. The number of piperazine rings is 1. The van der Waals surface area contributed by atoms with Crippen molar-refractivity contribution < 1.29 is 9.29 Å². The highest BCUT2D eigenvalue weighted by Crippen LogP contribution is 2.31. The average molecular weight is 374 g/mol. The first-order chi connectivity index (χ1) is 13.1. The third-order valence-corrected chi connectivity index (χ3v) is 6.17. The topological polar surface area (TPSA) is 51.3 Å². The molecule has 1 saturated carbocycles. The maximum absolute atomic E-state index is 13.2. The fourth-order valence-corrected chi connectivity index (χ4v) is 4.78. The molecule has 27 heavy (non-hydrogen) atoms. The highest BCUT2D eigenvalue weighted by atomic mass is 19.1. The molecule has 6 nitrogen and oxygen atoms in total. The van der Waals surface area contributed by atoms with Crippen LogP contribution in [0.15, 0.2) is 24.3 Å². The average Bonchev–Trinajstić information content (AvgIpc) is 3.34. The quantitative estimate of drug-likeness (QED) is 0.871. The molecule has 0 spiro atoms. The summed E-state index contributed by atoms with van der Waals surface area (Å²) in [6.45, 7) is 8.56. The molecule has 2 fully saturated rings.